The van der Waals surface area contributed by atoms with Crippen LogP contribution < -0.4 is 14.8 Å². The number of carbonyl (C=O) groups is 2. The molecule has 0 aliphatic carbocycles. The van der Waals surface area contributed by atoms with Crippen LogP contribution in [0.4, 0.5) is 5.69 Å². The molecule has 31 heavy (non-hydrogen) atoms. The van der Waals surface area contributed by atoms with Gasteiger partial charge >= 0.3 is 5.97 Å². The lowest BCUT2D eigenvalue weighted by Crippen LogP contribution is -2.23. The number of rotatable bonds is 4. The van der Waals surface area contributed by atoms with Gasteiger partial charge in [0.25, 0.3) is 0 Å². The normalized spacial score (nSPS) is 15.3. The number of methoxy groups -OCH3 is 1. The van der Waals surface area contributed by atoms with Crippen molar-refractivity contribution in [2.75, 3.05) is 12.4 Å². The molecular weight excluding hydrogens is 410 g/mol. The van der Waals surface area contributed by atoms with E-state index in [0.29, 0.717) is 22.8 Å². The third kappa shape index (κ3) is 3.55. The van der Waals surface area contributed by atoms with Crippen LogP contribution in [-0.2, 0) is 4.79 Å². The maximum Gasteiger partial charge on any atom is 0.353 e. The fraction of sp³-hybridized carbons (Fsp3) is 0.120. The topological polar surface area (TPSA) is 64.6 Å². The van der Waals surface area contributed by atoms with Crippen molar-refractivity contribution < 1.29 is 19.1 Å². The predicted octanol–water partition coefficient (Wildman–Crippen LogP) is 5.60. The van der Waals surface area contributed by atoms with Gasteiger partial charge in [0.15, 0.2) is 11.5 Å². The monoisotopic (exact) mass is 429 g/mol. The minimum absolute atomic E-state index is 0.0268. The molecule has 6 heteroatoms. The Morgan fingerprint density at radius 2 is 1.90 bits per heavy atom. The molecule has 1 aliphatic heterocycles. The van der Waals surface area contributed by atoms with Gasteiger partial charge in [-0.3, -0.25) is 4.79 Å². The summed E-state index contributed by atoms with van der Waals surface area (Å²) >= 11 is 1.32. The summed E-state index contributed by atoms with van der Waals surface area (Å²) in [5.74, 6) is 0.236. The van der Waals surface area contributed by atoms with Crippen molar-refractivity contribution in [2.45, 2.75) is 12.3 Å². The zero-order chi connectivity index (χ0) is 21.4. The van der Waals surface area contributed by atoms with E-state index in [2.05, 4.69) is 17.4 Å². The molecule has 0 spiro atoms. The van der Waals surface area contributed by atoms with E-state index in [4.69, 9.17) is 9.47 Å². The molecule has 1 aliphatic rings. The van der Waals surface area contributed by atoms with E-state index in [1.807, 2.05) is 41.8 Å². The van der Waals surface area contributed by atoms with Crippen LogP contribution in [0.25, 0.3) is 10.8 Å². The minimum atomic E-state index is -0.421. The summed E-state index contributed by atoms with van der Waals surface area (Å²) < 4.78 is 11.0. The first-order valence-corrected chi connectivity index (χ1v) is 10.8. The van der Waals surface area contributed by atoms with E-state index in [1.165, 1.54) is 18.4 Å². The molecule has 1 aromatic heterocycles. The summed E-state index contributed by atoms with van der Waals surface area (Å²) in [6.45, 7) is 0. The average Bonchev–Trinajstić information content (AvgIpc) is 3.34. The Morgan fingerprint density at radius 3 is 2.71 bits per heavy atom. The smallest absolute Gasteiger partial charge is 0.353 e. The lowest BCUT2D eigenvalue weighted by Gasteiger charge is -2.27. The third-order valence-electron chi connectivity index (χ3n) is 5.51. The largest absolute Gasteiger partial charge is 0.493 e. The molecule has 154 valence electrons. The Kier molecular flexibility index (Phi) is 4.92. The fourth-order valence-corrected chi connectivity index (χ4v) is 4.63. The number of esters is 1. The highest BCUT2D eigenvalue weighted by atomic mass is 32.1. The average molecular weight is 429 g/mol. The number of benzene rings is 3. The van der Waals surface area contributed by atoms with Crippen molar-refractivity contribution in [1.29, 1.82) is 0 Å². The van der Waals surface area contributed by atoms with Crippen molar-refractivity contribution in [1.82, 2.24) is 0 Å². The number of ether oxygens (including phenoxy) is 2. The number of hydrogen-bond donors (Lipinski definition) is 1. The fourth-order valence-electron chi connectivity index (χ4n) is 4.03. The first-order valence-electron chi connectivity index (χ1n) is 9.89. The van der Waals surface area contributed by atoms with E-state index in [1.54, 1.807) is 18.2 Å². The lowest BCUT2D eigenvalue weighted by molar-refractivity contribution is -0.116. The zero-order valence-electron chi connectivity index (χ0n) is 16.8. The summed E-state index contributed by atoms with van der Waals surface area (Å²) in [6.07, 6.45) is 0.336. The second kappa shape index (κ2) is 7.89. The van der Waals surface area contributed by atoms with Gasteiger partial charge in [0.2, 0.25) is 5.91 Å². The summed E-state index contributed by atoms with van der Waals surface area (Å²) in [4.78, 5) is 25.4. The van der Waals surface area contributed by atoms with Crippen LogP contribution in [-0.4, -0.2) is 19.0 Å². The number of fused-ring (bicyclic) bond motifs is 3. The minimum Gasteiger partial charge on any atom is -0.493 e. The van der Waals surface area contributed by atoms with Crippen LogP contribution in [0, 0.1) is 0 Å². The molecule has 5 nitrogen and oxygen atoms in total. The molecule has 1 unspecified atom stereocenters. The van der Waals surface area contributed by atoms with E-state index < -0.39 is 5.97 Å². The Bertz CT molecular complexity index is 1300. The van der Waals surface area contributed by atoms with Crippen LogP contribution in [0.2, 0.25) is 0 Å². The second-order valence-electron chi connectivity index (χ2n) is 7.33. The lowest BCUT2D eigenvalue weighted by atomic mass is 9.83. The van der Waals surface area contributed by atoms with Gasteiger partial charge in [-0.15, -0.1) is 11.3 Å². The van der Waals surface area contributed by atoms with Crippen molar-refractivity contribution in [3.05, 3.63) is 88.1 Å². The number of anilines is 1. The van der Waals surface area contributed by atoms with Crippen LogP contribution in [0.15, 0.2) is 72.1 Å². The Labute approximate surface area is 183 Å². The van der Waals surface area contributed by atoms with Gasteiger partial charge in [-0.1, -0.05) is 48.5 Å². The van der Waals surface area contributed by atoms with Gasteiger partial charge in [0.05, 0.1) is 12.8 Å². The van der Waals surface area contributed by atoms with Crippen molar-refractivity contribution in [2.24, 2.45) is 0 Å². The molecule has 1 atom stereocenters. The first-order chi connectivity index (χ1) is 15.1. The Morgan fingerprint density at radius 1 is 1.03 bits per heavy atom. The number of nitrogens with one attached hydrogen (secondary N) is 1. The third-order valence-corrected chi connectivity index (χ3v) is 6.36. The molecule has 4 aromatic rings. The molecule has 0 saturated carbocycles. The highest BCUT2D eigenvalue weighted by Crippen LogP contribution is 2.43. The van der Waals surface area contributed by atoms with Crippen molar-refractivity contribution in [3.63, 3.8) is 0 Å². The standard InChI is InChI=1S/C25H19NO4S/c1-29-21-13-16(9-11-20(21)30-25(28)22-7-4-12-31-22)19-14-23(27)26-24-17-6-3-2-5-15(17)8-10-18(19)24/h2-13,19H,14H2,1H3,(H,26,27). The van der Waals surface area contributed by atoms with Crippen LogP contribution in [0.3, 0.4) is 0 Å². The zero-order valence-corrected chi connectivity index (χ0v) is 17.6. The molecule has 5 rings (SSSR count). The number of thiophene rings is 1. The quantitative estimate of drug-likeness (QED) is 0.339. The van der Waals surface area contributed by atoms with Crippen LogP contribution in [0.1, 0.15) is 33.1 Å². The van der Waals surface area contributed by atoms with Gasteiger partial charge in [-0.25, -0.2) is 4.79 Å². The molecular formula is C25H19NO4S. The van der Waals surface area contributed by atoms with Crippen LogP contribution in [0.5, 0.6) is 11.5 Å². The van der Waals surface area contributed by atoms with E-state index in [9.17, 15) is 9.59 Å². The second-order valence-corrected chi connectivity index (χ2v) is 8.28. The van der Waals surface area contributed by atoms with E-state index >= 15 is 0 Å². The number of amides is 1. The van der Waals surface area contributed by atoms with Crippen LogP contribution >= 0.6 is 11.3 Å². The summed E-state index contributed by atoms with van der Waals surface area (Å²) in [5, 5.41) is 6.97. The molecule has 0 bridgehead atoms. The van der Waals surface area contributed by atoms with Gasteiger partial charge in [0.1, 0.15) is 4.88 Å². The maximum atomic E-state index is 12.5. The molecule has 0 radical (unpaired) electrons. The summed E-state index contributed by atoms with van der Waals surface area (Å²) in [5.41, 5.74) is 2.84. The summed E-state index contributed by atoms with van der Waals surface area (Å²) in [7, 11) is 1.54. The SMILES string of the molecule is COc1cc(C2CC(=O)Nc3c2ccc2ccccc32)ccc1OC(=O)c1cccs1. The first kappa shape index (κ1) is 19.3. The Balaban J connectivity index is 1.53. The van der Waals surface area contributed by atoms with E-state index in [-0.39, 0.29) is 11.8 Å². The predicted molar refractivity (Wildman–Crippen MR) is 121 cm³/mol. The van der Waals surface area contributed by atoms with Crippen molar-refractivity contribution in [3.8, 4) is 11.5 Å². The van der Waals surface area contributed by atoms with Gasteiger partial charge in [0, 0.05) is 17.7 Å². The number of carbonyl (C=O) groups excluding carboxylic acids is 2. The molecule has 2 heterocycles. The molecule has 1 N–H and O–H groups in total. The Hall–Kier alpha value is -3.64. The highest BCUT2D eigenvalue weighted by Gasteiger charge is 2.28. The van der Waals surface area contributed by atoms with Gasteiger partial charge in [-0.05, 0) is 40.1 Å². The molecule has 3 aromatic carbocycles. The highest BCUT2D eigenvalue weighted by molar-refractivity contribution is 7.12. The maximum absolute atomic E-state index is 12.5. The molecule has 1 amide bonds. The van der Waals surface area contributed by atoms with Gasteiger partial charge < -0.3 is 14.8 Å². The molecule has 0 saturated heterocycles. The van der Waals surface area contributed by atoms with Gasteiger partial charge in [-0.2, -0.15) is 0 Å². The number of hydrogen-bond acceptors (Lipinski definition) is 5. The van der Waals surface area contributed by atoms with E-state index in [0.717, 1.165) is 27.6 Å². The summed E-state index contributed by atoms with van der Waals surface area (Å²) in [6, 6.07) is 21.1. The molecule has 0 fully saturated rings. The van der Waals surface area contributed by atoms with Crippen molar-refractivity contribution >= 4 is 39.7 Å².